The van der Waals surface area contributed by atoms with Gasteiger partial charge < -0.3 is 14.8 Å². The topological polar surface area (TPSA) is 104 Å². The third kappa shape index (κ3) is 4.47. The Hall–Kier alpha value is -3.16. The highest BCUT2D eigenvalue weighted by atomic mass is 16.6. The molecule has 0 aliphatic heterocycles. The van der Waals surface area contributed by atoms with Gasteiger partial charge in [-0.25, -0.2) is 4.98 Å². The normalized spacial score (nSPS) is 13.1. The smallest absolute Gasteiger partial charge is 0.270 e. The number of rotatable bonds is 8. The average Bonchev–Trinajstić information content (AvgIpc) is 3.49. The van der Waals surface area contributed by atoms with Crippen LogP contribution in [0.2, 0.25) is 0 Å². The van der Waals surface area contributed by atoms with Crippen LogP contribution in [0.4, 0.5) is 5.69 Å². The van der Waals surface area contributed by atoms with Gasteiger partial charge in [0.2, 0.25) is 5.88 Å². The van der Waals surface area contributed by atoms with Gasteiger partial charge in [-0.1, -0.05) is 6.07 Å². The van der Waals surface area contributed by atoms with Crippen LogP contribution >= 0.6 is 0 Å². The standard InChI is InChI=1S/C18H19N3O5/c1-25-16-6-5-14(21(23)24)8-15(16)18(22)20-10-13-4-7-17(19-9-13)26-11-12-2-3-12/h4-9,12H,2-3,10-11H2,1H3,(H,20,22). The number of ether oxygens (including phenoxy) is 2. The third-order valence-corrected chi connectivity index (χ3v) is 4.05. The first-order valence-electron chi connectivity index (χ1n) is 8.25. The van der Waals surface area contributed by atoms with Gasteiger partial charge in [0.15, 0.2) is 0 Å². The number of pyridine rings is 1. The highest BCUT2D eigenvalue weighted by molar-refractivity contribution is 5.97. The van der Waals surface area contributed by atoms with E-state index in [9.17, 15) is 14.9 Å². The van der Waals surface area contributed by atoms with Crippen LogP contribution in [0.5, 0.6) is 11.6 Å². The Labute approximate surface area is 150 Å². The summed E-state index contributed by atoms with van der Waals surface area (Å²) in [6.45, 7) is 0.927. The van der Waals surface area contributed by atoms with Crippen LogP contribution in [-0.4, -0.2) is 29.5 Å². The van der Waals surface area contributed by atoms with Crippen molar-refractivity contribution in [2.24, 2.45) is 5.92 Å². The van der Waals surface area contributed by atoms with Crippen LogP contribution in [-0.2, 0) is 6.54 Å². The molecule has 0 spiro atoms. The van der Waals surface area contributed by atoms with Gasteiger partial charge >= 0.3 is 0 Å². The summed E-state index contributed by atoms with van der Waals surface area (Å²) in [6, 6.07) is 7.47. The lowest BCUT2D eigenvalue weighted by atomic mass is 10.1. The number of benzene rings is 1. The molecule has 1 saturated carbocycles. The second-order valence-electron chi connectivity index (χ2n) is 6.08. The van der Waals surface area contributed by atoms with Crippen LogP contribution in [0.25, 0.3) is 0 Å². The SMILES string of the molecule is COc1ccc([N+](=O)[O-])cc1C(=O)NCc1ccc(OCC2CC2)nc1. The lowest BCUT2D eigenvalue weighted by Crippen LogP contribution is -2.23. The summed E-state index contributed by atoms with van der Waals surface area (Å²) in [5.41, 5.74) is 0.732. The number of methoxy groups -OCH3 is 1. The molecule has 0 bridgehead atoms. The summed E-state index contributed by atoms with van der Waals surface area (Å²) >= 11 is 0. The first-order valence-corrected chi connectivity index (χ1v) is 8.25. The number of non-ortho nitro benzene ring substituents is 1. The maximum atomic E-state index is 12.4. The molecule has 8 heteroatoms. The number of amides is 1. The van der Waals surface area contributed by atoms with Crippen molar-refractivity contribution in [1.82, 2.24) is 10.3 Å². The van der Waals surface area contributed by atoms with E-state index in [4.69, 9.17) is 9.47 Å². The number of hydrogen-bond donors (Lipinski definition) is 1. The molecule has 3 rings (SSSR count). The van der Waals surface area contributed by atoms with Crippen molar-refractivity contribution < 1.29 is 19.2 Å². The molecule has 136 valence electrons. The molecule has 1 heterocycles. The minimum atomic E-state index is -0.555. The molecule has 1 aliphatic rings. The van der Waals surface area contributed by atoms with Gasteiger partial charge in [-0.05, 0) is 30.4 Å². The Morgan fingerprint density at radius 3 is 2.77 bits per heavy atom. The molecule has 1 amide bonds. The molecule has 2 aromatic rings. The Bertz CT molecular complexity index is 803. The molecule has 1 aromatic heterocycles. The molecular weight excluding hydrogens is 338 g/mol. The number of nitrogens with one attached hydrogen (secondary N) is 1. The van der Waals surface area contributed by atoms with Crippen LogP contribution in [0.3, 0.4) is 0 Å². The summed E-state index contributed by atoms with van der Waals surface area (Å²) in [5.74, 6) is 1.03. The van der Waals surface area contributed by atoms with E-state index < -0.39 is 10.8 Å². The van der Waals surface area contributed by atoms with Crippen molar-refractivity contribution in [1.29, 1.82) is 0 Å². The van der Waals surface area contributed by atoms with Crippen LogP contribution in [0, 0.1) is 16.0 Å². The quantitative estimate of drug-likeness (QED) is 0.575. The van der Waals surface area contributed by atoms with Crippen LogP contribution < -0.4 is 14.8 Å². The summed E-state index contributed by atoms with van der Waals surface area (Å²) in [5, 5.41) is 13.6. The molecule has 26 heavy (non-hydrogen) atoms. The Kier molecular flexibility index (Phi) is 5.31. The fourth-order valence-electron chi connectivity index (χ4n) is 2.35. The predicted octanol–water partition coefficient (Wildman–Crippen LogP) is 2.72. The molecule has 0 atom stereocenters. The van der Waals surface area contributed by atoms with Gasteiger partial charge in [0.05, 0.1) is 24.2 Å². The first-order chi connectivity index (χ1) is 12.6. The van der Waals surface area contributed by atoms with E-state index in [-0.39, 0.29) is 23.5 Å². The Balaban J connectivity index is 1.60. The molecule has 0 unspecified atom stereocenters. The number of aromatic nitrogens is 1. The summed E-state index contributed by atoms with van der Waals surface area (Å²) < 4.78 is 10.7. The number of carbonyl (C=O) groups excluding carboxylic acids is 1. The lowest BCUT2D eigenvalue weighted by molar-refractivity contribution is -0.384. The van der Waals surface area contributed by atoms with Crippen molar-refractivity contribution in [3.63, 3.8) is 0 Å². The average molecular weight is 357 g/mol. The molecule has 0 saturated heterocycles. The predicted molar refractivity (Wildman–Crippen MR) is 93.3 cm³/mol. The Morgan fingerprint density at radius 1 is 1.35 bits per heavy atom. The molecule has 1 N–H and O–H groups in total. The van der Waals surface area contributed by atoms with Crippen molar-refractivity contribution in [3.8, 4) is 11.6 Å². The number of hydrogen-bond acceptors (Lipinski definition) is 6. The van der Waals surface area contributed by atoms with E-state index in [0.717, 1.165) is 5.56 Å². The van der Waals surface area contributed by atoms with Gasteiger partial charge in [0.25, 0.3) is 11.6 Å². The number of carbonyl (C=O) groups is 1. The highest BCUT2D eigenvalue weighted by Crippen LogP contribution is 2.29. The van der Waals surface area contributed by atoms with E-state index in [0.29, 0.717) is 18.4 Å². The number of nitrogens with zero attached hydrogens (tertiary/aromatic N) is 2. The minimum absolute atomic E-state index is 0.110. The minimum Gasteiger partial charge on any atom is -0.496 e. The molecule has 8 nitrogen and oxygen atoms in total. The maximum absolute atomic E-state index is 12.4. The van der Waals surface area contributed by atoms with E-state index in [1.165, 1.54) is 38.2 Å². The van der Waals surface area contributed by atoms with E-state index in [1.807, 2.05) is 6.07 Å². The summed E-state index contributed by atoms with van der Waals surface area (Å²) in [7, 11) is 1.40. The zero-order valence-corrected chi connectivity index (χ0v) is 14.3. The maximum Gasteiger partial charge on any atom is 0.270 e. The Morgan fingerprint density at radius 2 is 2.15 bits per heavy atom. The second-order valence-corrected chi connectivity index (χ2v) is 6.08. The molecule has 0 radical (unpaired) electrons. The highest BCUT2D eigenvalue weighted by Gasteiger charge is 2.22. The van der Waals surface area contributed by atoms with Crippen molar-refractivity contribution >= 4 is 11.6 Å². The largest absolute Gasteiger partial charge is 0.496 e. The van der Waals surface area contributed by atoms with Crippen LogP contribution in [0.15, 0.2) is 36.5 Å². The molecular formula is C18H19N3O5. The molecule has 1 aromatic carbocycles. The van der Waals surface area contributed by atoms with E-state index >= 15 is 0 Å². The van der Waals surface area contributed by atoms with Gasteiger partial charge in [-0.15, -0.1) is 0 Å². The first kappa shape index (κ1) is 17.7. The van der Waals surface area contributed by atoms with Crippen molar-refractivity contribution in [2.45, 2.75) is 19.4 Å². The van der Waals surface area contributed by atoms with Gasteiger partial charge in [-0.3, -0.25) is 14.9 Å². The fraction of sp³-hybridized carbons (Fsp3) is 0.333. The van der Waals surface area contributed by atoms with Crippen LogP contribution in [0.1, 0.15) is 28.8 Å². The number of nitro groups is 1. The monoisotopic (exact) mass is 357 g/mol. The van der Waals surface area contributed by atoms with Gasteiger partial charge in [-0.2, -0.15) is 0 Å². The number of nitro benzene ring substituents is 1. The lowest BCUT2D eigenvalue weighted by Gasteiger charge is -2.10. The summed E-state index contributed by atoms with van der Waals surface area (Å²) in [6.07, 6.45) is 4.06. The van der Waals surface area contributed by atoms with E-state index in [2.05, 4.69) is 10.3 Å². The van der Waals surface area contributed by atoms with Gasteiger partial charge in [0.1, 0.15) is 5.75 Å². The van der Waals surface area contributed by atoms with E-state index in [1.54, 1.807) is 12.3 Å². The second kappa shape index (κ2) is 7.81. The third-order valence-electron chi connectivity index (χ3n) is 4.05. The van der Waals surface area contributed by atoms with Crippen molar-refractivity contribution in [3.05, 3.63) is 57.8 Å². The van der Waals surface area contributed by atoms with Gasteiger partial charge in [0, 0.05) is 30.9 Å². The molecule has 1 fully saturated rings. The zero-order chi connectivity index (χ0) is 18.5. The summed E-state index contributed by atoms with van der Waals surface area (Å²) in [4.78, 5) is 26.9. The zero-order valence-electron chi connectivity index (χ0n) is 14.3. The van der Waals surface area contributed by atoms with Crippen molar-refractivity contribution in [2.75, 3.05) is 13.7 Å². The molecule has 1 aliphatic carbocycles. The fourth-order valence-corrected chi connectivity index (χ4v) is 2.35.